The lowest BCUT2D eigenvalue weighted by Crippen LogP contribution is -2.46. The maximum atomic E-state index is 5.79. The van der Waals surface area contributed by atoms with Crippen LogP contribution in [0.5, 0.6) is 0 Å². The van der Waals surface area contributed by atoms with E-state index in [2.05, 4.69) is 34.9 Å². The summed E-state index contributed by atoms with van der Waals surface area (Å²) in [5.74, 6) is 1.12. The fraction of sp³-hybridized carbons (Fsp3) is 0.467. The molecule has 1 saturated heterocycles. The minimum absolute atomic E-state index is 0.748. The van der Waals surface area contributed by atoms with Gasteiger partial charge in [0.1, 0.15) is 8.07 Å². The summed E-state index contributed by atoms with van der Waals surface area (Å²) in [4.78, 5) is 2.34. The van der Waals surface area contributed by atoms with Crippen LogP contribution in [0.3, 0.4) is 0 Å². The summed E-state index contributed by atoms with van der Waals surface area (Å²) in [5.41, 5.74) is 7.54. The van der Waals surface area contributed by atoms with Crippen LogP contribution in [0, 0.1) is 0 Å². The molecule has 3 rings (SSSR count). The van der Waals surface area contributed by atoms with Crippen LogP contribution in [-0.2, 0) is 4.74 Å². The molecule has 7 heteroatoms. The highest BCUT2D eigenvalue weighted by Crippen LogP contribution is 2.21. The normalized spacial score (nSPS) is 16.0. The number of aromatic nitrogens is 3. The first-order valence-electron chi connectivity index (χ1n) is 7.61. The van der Waals surface area contributed by atoms with Gasteiger partial charge in [-0.25, -0.2) is 0 Å². The van der Waals surface area contributed by atoms with Crippen LogP contribution in [0.25, 0.3) is 5.69 Å². The standard InChI is InChI=1S/C15H23N5OSi/c1-22(2,3)14-15(19-8-10-21-11-9-19)20(18-17-14)13-6-4-12(16)5-7-13/h4-7H,8-11,16H2,1-3H3. The molecule has 6 nitrogen and oxygen atoms in total. The second kappa shape index (κ2) is 5.73. The molecule has 2 aromatic rings. The van der Waals surface area contributed by atoms with E-state index < -0.39 is 8.07 Å². The Bertz CT molecular complexity index is 641. The second-order valence-corrected chi connectivity index (χ2v) is 11.6. The quantitative estimate of drug-likeness (QED) is 0.681. The number of morpholine rings is 1. The predicted molar refractivity (Wildman–Crippen MR) is 91.8 cm³/mol. The van der Waals surface area contributed by atoms with Gasteiger partial charge in [-0.2, -0.15) is 4.68 Å². The Morgan fingerprint density at radius 3 is 2.32 bits per heavy atom. The Balaban J connectivity index is 2.09. The second-order valence-electron chi connectivity index (χ2n) is 6.61. The highest BCUT2D eigenvalue weighted by molar-refractivity contribution is 6.89. The van der Waals surface area contributed by atoms with Crippen molar-refractivity contribution in [2.45, 2.75) is 19.6 Å². The number of nitrogen functional groups attached to an aromatic ring is 1. The summed E-state index contributed by atoms with van der Waals surface area (Å²) in [6.07, 6.45) is 0. The molecule has 0 spiro atoms. The van der Waals surface area contributed by atoms with E-state index in [0.29, 0.717) is 0 Å². The molecule has 2 heterocycles. The summed E-state index contributed by atoms with van der Waals surface area (Å²) in [6.45, 7) is 10.1. The minimum Gasteiger partial charge on any atom is -0.399 e. The fourth-order valence-corrected chi connectivity index (χ4v) is 3.89. The number of anilines is 2. The number of ether oxygens (including phenoxy) is 1. The van der Waals surface area contributed by atoms with E-state index in [1.807, 2.05) is 28.9 Å². The van der Waals surface area contributed by atoms with E-state index in [0.717, 1.165) is 48.8 Å². The number of nitrogens with two attached hydrogens (primary N) is 1. The van der Waals surface area contributed by atoms with Gasteiger partial charge in [-0.05, 0) is 24.3 Å². The van der Waals surface area contributed by atoms with Crippen LogP contribution < -0.4 is 16.0 Å². The van der Waals surface area contributed by atoms with Gasteiger partial charge in [-0.15, -0.1) is 5.10 Å². The molecule has 0 amide bonds. The van der Waals surface area contributed by atoms with Crippen molar-refractivity contribution in [3.8, 4) is 5.69 Å². The smallest absolute Gasteiger partial charge is 0.151 e. The molecule has 1 aromatic carbocycles. The Labute approximate surface area is 131 Å². The van der Waals surface area contributed by atoms with Crippen molar-refractivity contribution in [2.75, 3.05) is 36.9 Å². The lowest BCUT2D eigenvalue weighted by atomic mass is 10.3. The Hall–Kier alpha value is -1.86. The van der Waals surface area contributed by atoms with Crippen molar-refractivity contribution in [1.82, 2.24) is 15.0 Å². The van der Waals surface area contributed by atoms with Crippen molar-refractivity contribution >= 4 is 24.9 Å². The minimum atomic E-state index is -1.59. The van der Waals surface area contributed by atoms with Gasteiger partial charge in [0.15, 0.2) is 5.82 Å². The molecular weight excluding hydrogens is 294 g/mol. The van der Waals surface area contributed by atoms with Crippen molar-refractivity contribution in [3.63, 3.8) is 0 Å². The van der Waals surface area contributed by atoms with Crippen molar-refractivity contribution in [3.05, 3.63) is 24.3 Å². The van der Waals surface area contributed by atoms with Crippen molar-refractivity contribution in [1.29, 1.82) is 0 Å². The highest BCUT2D eigenvalue weighted by Gasteiger charge is 2.30. The molecule has 118 valence electrons. The molecule has 1 aliphatic rings. The Kier molecular flexibility index (Phi) is 3.92. The Morgan fingerprint density at radius 1 is 1.09 bits per heavy atom. The molecule has 22 heavy (non-hydrogen) atoms. The summed E-state index contributed by atoms with van der Waals surface area (Å²) in [6, 6.07) is 7.77. The molecule has 0 radical (unpaired) electrons. The molecule has 2 N–H and O–H groups in total. The molecule has 0 bridgehead atoms. The van der Waals surface area contributed by atoms with E-state index in [4.69, 9.17) is 10.5 Å². The molecule has 0 saturated carbocycles. The van der Waals surface area contributed by atoms with Crippen LogP contribution in [-0.4, -0.2) is 49.4 Å². The number of rotatable bonds is 3. The average molecular weight is 317 g/mol. The zero-order valence-corrected chi connectivity index (χ0v) is 14.4. The van der Waals surface area contributed by atoms with Gasteiger partial charge in [0, 0.05) is 18.8 Å². The van der Waals surface area contributed by atoms with Crippen LogP contribution in [0.4, 0.5) is 11.5 Å². The van der Waals surface area contributed by atoms with E-state index in [-0.39, 0.29) is 0 Å². The zero-order chi connectivity index (χ0) is 15.7. The van der Waals surface area contributed by atoms with Crippen LogP contribution in [0.1, 0.15) is 0 Å². The molecule has 1 fully saturated rings. The molecular formula is C15H23N5OSi. The maximum absolute atomic E-state index is 5.79. The SMILES string of the molecule is C[Si](C)(C)c1nnn(-c2ccc(N)cc2)c1N1CCOCC1. The molecule has 0 aliphatic carbocycles. The summed E-state index contributed by atoms with van der Waals surface area (Å²) >= 11 is 0. The van der Waals surface area contributed by atoms with E-state index in [1.165, 1.54) is 0 Å². The first-order chi connectivity index (χ1) is 10.5. The molecule has 1 aliphatic heterocycles. The van der Waals surface area contributed by atoms with Gasteiger partial charge in [-0.1, -0.05) is 24.9 Å². The van der Waals surface area contributed by atoms with E-state index in [1.54, 1.807) is 0 Å². The fourth-order valence-electron chi connectivity index (χ4n) is 2.61. The van der Waals surface area contributed by atoms with Gasteiger partial charge >= 0.3 is 0 Å². The Morgan fingerprint density at radius 2 is 1.73 bits per heavy atom. The van der Waals surface area contributed by atoms with Gasteiger partial charge < -0.3 is 15.4 Å². The van der Waals surface area contributed by atoms with Crippen molar-refractivity contribution in [2.24, 2.45) is 0 Å². The topological polar surface area (TPSA) is 69.2 Å². The first kappa shape index (κ1) is 15.0. The van der Waals surface area contributed by atoms with Gasteiger partial charge in [-0.3, -0.25) is 0 Å². The highest BCUT2D eigenvalue weighted by atomic mass is 28.3. The maximum Gasteiger partial charge on any atom is 0.151 e. The lowest BCUT2D eigenvalue weighted by molar-refractivity contribution is 0.122. The van der Waals surface area contributed by atoms with Crippen LogP contribution >= 0.6 is 0 Å². The van der Waals surface area contributed by atoms with E-state index in [9.17, 15) is 0 Å². The van der Waals surface area contributed by atoms with E-state index >= 15 is 0 Å². The predicted octanol–water partition coefficient (Wildman–Crippen LogP) is 1.23. The molecule has 1 aromatic heterocycles. The third-order valence-corrected chi connectivity index (χ3v) is 5.55. The largest absolute Gasteiger partial charge is 0.399 e. The monoisotopic (exact) mass is 317 g/mol. The summed E-state index contributed by atoms with van der Waals surface area (Å²) in [7, 11) is -1.59. The number of benzene rings is 1. The number of hydrogen-bond acceptors (Lipinski definition) is 5. The summed E-state index contributed by atoms with van der Waals surface area (Å²) < 4.78 is 7.43. The van der Waals surface area contributed by atoms with Gasteiger partial charge in [0.2, 0.25) is 0 Å². The van der Waals surface area contributed by atoms with Crippen LogP contribution in [0.2, 0.25) is 19.6 Å². The zero-order valence-electron chi connectivity index (χ0n) is 13.4. The first-order valence-corrected chi connectivity index (χ1v) is 11.1. The molecule has 0 atom stereocenters. The lowest BCUT2D eigenvalue weighted by Gasteiger charge is -2.31. The summed E-state index contributed by atoms with van der Waals surface area (Å²) in [5, 5.41) is 10.1. The third-order valence-electron chi connectivity index (χ3n) is 3.81. The van der Waals surface area contributed by atoms with Gasteiger partial charge in [0.05, 0.1) is 24.2 Å². The average Bonchev–Trinajstić information content (AvgIpc) is 2.94. The third kappa shape index (κ3) is 2.86. The van der Waals surface area contributed by atoms with Crippen LogP contribution in [0.15, 0.2) is 24.3 Å². The number of nitrogens with zero attached hydrogens (tertiary/aromatic N) is 4. The number of hydrogen-bond donors (Lipinski definition) is 1. The van der Waals surface area contributed by atoms with Crippen molar-refractivity contribution < 1.29 is 4.74 Å². The van der Waals surface area contributed by atoms with Gasteiger partial charge in [0.25, 0.3) is 0 Å². The molecule has 0 unspecified atom stereocenters.